The maximum Gasteiger partial charge on any atom is 0.202 e. The second kappa shape index (κ2) is 19.6. The third-order valence-corrected chi connectivity index (χ3v) is 13.3. The Morgan fingerprint density at radius 1 is 0.403 bits per heavy atom. The number of benzene rings is 11. The predicted octanol–water partition coefficient (Wildman–Crippen LogP) is 18.0. The van der Waals surface area contributed by atoms with Gasteiger partial charge in [-0.3, -0.25) is 0 Å². The molecule has 0 heterocycles. The van der Waals surface area contributed by atoms with Crippen LogP contribution in [0.15, 0.2) is 218 Å². The van der Waals surface area contributed by atoms with Crippen molar-refractivity contribution < 1.29 is 9.47 Å². The maximum absolute atomic E-state index is 10.6. The Morgan fingerprint density at radius 2 is 0.792 bits per heavy atom. The molecule has 0 bridgehead atoms. The van der Waals surface area contributed by atoms with E-state index in [0.29, 0.717) is 11.3 Å². The minimum absolute atomic E-state index is 0.532. The molecule has 0 radical (unpaired) electrons. The number of ether oxygens (including phenoxy) is 2. The molecule has 0 N–H and O–H groups in total. The first-order valence-corrected chi connectivity index (χ1v) is 23.7. The molecule has 342 valence electrons. The minimum atomic E-state index is 0.532. The van der Waals surface area contributed by atoms with Crippen molar-refractivity contribution in [1.82, 2.24) is 0 Å². The number of nitrogens with zero attached hydrogens (tertiary/aromatic N) is 4. The summed E-state index contributed by atoms with van der Waals surface area (Å²) in [6, 6.07) is 77.4. The largest absolute Gasteiger partial charge is 0.497 e. The van der Waals surface area contributed by atoms with E-state index < -0.39 is 0 Å². The molecule has 11 rings (SSSR count). The van der Waals surface area contributed by atoms with Gasteiger partial charge >= 0.3 is 0 Å². The summed E-state index contributed by atoms with van der Waals surface area (Å²) in [5, 5.41) is 18.3. The zero-order valence-electron chi connectivity index (χ0n) is 39.7. The van der Waals surface area contributed by atoms with Crippen molar-refractivity contribution in [2.75, 3.05) is 24.0 Å². The molecule has 6 heteroatoms. The Labute approximate surface area is 419 Å². The lowest BCUT2D eigenvalue weighted by Gasteiger charge is -2.27. The highest BCUT2D eigenvalue weighted by Gasteiger charge is 2.18. The van der Waals surface area contributed by atoms with Crippen LogP contribution >= 0.6 is 0 Å². The van der Waals surface area contributed by atoms with E-state index in [2.05, 4.69) is 203 Å². The SMILES string of the molecule is [C-]#[N+]c1c2ccc(/C=C/c3ccc(N(c4ccc(OC)cc4)c4cccc5ccccc45)cc3)cc2c(C#N)c2ccc(/C=C/c3ccc(N(c4ccc(OC)cc4)c4cccc5ccccc45)cc3)cc12. The number of anilines is 6. The zero-order chi connectivity index (χ0) is 49.0. The van der Waals surface area contributed by atoms with Crippen LogP contribution in [0.4, 0.5) is 39.8 Å². The Hall–Kier alpha value is -9.88. The molecule has 0 aliphatic carbocycles. The maximum atomic E-state index is 10.6. The molecule has 0 aliphatic rings. The lowest BCUT2D eigenvalue weighted by molar-refractivity contribution is 0.414. The van der Waals surface area contributed by atoms with Gasteiger partial charge in [-0.2, -0.15) is 5.26 Å². The number of nitriles is 1. The molecule has 0 saturated heterocycles. The predicted molar refractivity (Wildman–Crippen MR) is 301 cm³/mol. The normalized spacial score (nSPS) is 11.3. The van der Waals surface area contributed by atoms with Gasteiger partial charge in [-0.05, 0) is 146 Å². The van der Waals surface area contributed by atoms with Crippen LogP contribution in [-0.2, 0) is 0 Å². The monoisotopic (exact) mass is 926 g/mol. The van der Waals surface area contributed by atoms with Crippen LogP contribution in [0.25, 0.3) is 72.2 Å². The minimum Gasteiger partial charge on any atom is -0.497 e. The van der Waals surface area contributed by atoms with Crippen LogP contribution in [-0.4, -0.2) is 14.2 Å². The molecule has 6 nitrogen and oxygen atoms in total. The lowest BCUT2D eigenvalue weighted by Crippen LogP contribution is -2.10. The van der Waals surface area contributed by atoms with Crippen LogP contribution in [0, 0.1) is 17.9 Å². The fourth-order valence-electron chi connectivity index (χ4n) is 9.67. The molecule has 0 amide bonds. The van der Waals surface area contributed by atoms with Crippen molar-refractivity contribution in [2.45, 2.75) is 0 Å². The fraction of sp³-hybridized carbons (Fsp3) is 0.0303. The van der Waals surface area contributed by atoms with E-state index in [1.807, 2.05) is 60.7 Å². The number of methoxy groups -OCH3 is 2. The number of hydrogen-bond donors (Lipinski definition) is 0. The van der Waals surface area contributed by atoms with Gasteiger partial charge in [0.2, 0.25) is 5.69 Å². The van der Waals surface area contributed by atoms with E-state index in [4.69, 9.17) is 16.0 Å². The fourth-order valence-corrected chi connectivity index (χ4v) is 9.67. The van der Waals surface area contributed by atoms with Gasteiger partial charge < -0.3 is 19.3 Å². The number of hydrogen-bond acceptors (Lipinski definition) is 5. The molecular weight excluding hydrogens is 881 g/mol. The Balaban J connectivity index is 0.864. The van der Waals surface area contributed by atoms with Gasteiger partial charge in [-0.1, -0.05) is 152 Å². The third kappa shape index (κ3) is 8.62. The third-order valence-electron chi connectivity index (χ3n) is 13.3. The van der Waals surface area contributed by atoms with Gasteiger partial charge in [0.15, 0.2) is 0 Å². The topological polar surface area (TPSA) is 53.1 Å². The number of fused-ring (bicyclic) bond motifs is 4. The molecule has 0 saturated carbocycles. The highest BCUT2D eigenvalue weighted by molar-refractivity contribution is 6.16. The zero-order valence-corrected chi connectivity index (χ0v) is 39.7. The van der Waals surface area contributed by atoms with Crippen molar-refractivity contribution in [2.24, 2.45) is 0 Å². The summed E-state index contributed by atoms with van der Waals surface area (Å²) in [7, 11) is 3.36. The average molecular weight is 927 g/mol. The van der Waals surface area contributed by atoms with E-state index in [-0.39, 0.29) is 0 Å². The molecule has 0 aromatic heterocycles. The summed E-state index contributed by atoms with van der Waals surface area (Å²) in [5.74, 6) is 1.60. The second-order valence-corrected chi connectivity index (χ2v) is 17.5. The van der Waals surface area contributed by atoms with Crippen LogP contribution in [0.1, 0.15) is 27.8 Å². The summed E-state index contributed by atoms with van der Waals surface area (Å²) >= 11 is 0. The van der Waals surface area contributed by atoms with Gasteiger partial charge in [0, 0.05) is 33.5 Å². The molecule has 0 aliphatic heterocycles. The smallest absolute Gasteiger partial charge is 0.202 e. The Bertz CT molecular complexity index is 3690. The van der Waals surface area contributed by atoms with Gasteiger partial charge in [0.25, 0.3) is 0 Å². The Morgan fingerprint density at radius 3 is 1.24 bits per heavy atom. The van der Waals surface area contributed by atoms with E-state index >= 15 is 0 Å². The van der Waals surface area contributed by atoms with Crippen molar-refractivity contribution >= 4 is 107 Å². The molecule has 72 heavy (non-hydrogen) atoms. The molecular formula is C66H46N4O2. The molecule has 0 fully saturated rings. The Kier molecular flexibility index (Phi) is 12.2. The van der Waals surface area contributed by atoms with Crippen LogP contribution < -0.4 is 19.3 Å². The molecule has 11 aromatic rings. The standard InChI is InChI=1S/C66H46N4O2/c1-68-66-60-41-27-47(20-18-45-22-28-51(29-23-45)69(53-32-36-55(71-2)37-33-53)64-16-8-12-49-10-4-6-14-57(49)64)42-61(60)63(44-67)59-40-26-48(43-62(59)66)21-19-46-24-30-52(31-25-46)70(54-34-38-56(72-3)39-35-54)65-17-9-13-50-11-5-7-15-58(50)65/h4-43H,2-3H3/b20-18+,21-19+. The van der Waals surface area contributed by atoms with E-state index in [1.54, 1.807) is 14.2 Å². The van der Waals surface area contributed by atoms with Crippen LogP contribution in [0.2, 0.25) is 0 Å². The first kappa shape index (κ1) is 44.6. The van der Waals surface area contributed by atoms with Gasteiger partial charge in [0.05, 0.1) is 37.7 Å². The first-order chi connectivity index (χ1) is 35.5. The summed E-state index contributed by atoms with van der Waals surface area (Å²) in [6.45, 7) is 8.34. The summed E-state index contributed by atoms with van der Waals surface area (Å²) < 4.78 is 11.0. The van der Waals surface area contributed by atoms with Crippen molar-refractivity contribution in [3.63, 3.8) is 0 Å². The van der Waals surface area contributed by atoms with E-state index in [1.165, 1.54) is 10.8 Å². The van der Waals surface area contributed by atoms with Crippen molar-refractivity contribution in [3.8, 4) is 17.6 Å². The summed E-state index contributed by atoms with van der Waals surface area (Å²) in [4.78, 5) is 8.60. The quantitative estimate of drug-likeness (QED) is 0.0694. The molecule has 0 spiro atoms. The summed E-state index contributed by atoms with van der Waals surface area (Å²) in [5.41, 5.74) is 11.3. The van der Waals surface area contributed by atoms with E-state index in [0.717, 1.165) is 100 Å². The van der Waals surface area contributed by atoms with Crippen LogP contribution in [0.3, 0.4) is 0 Å². The molecule has 0 unspecified atom stereocenters. The molecule has 11 aromatic carbocycles. The second-order valence-electron chi connectivity index (χ2n) is 17.5. The average Bonchev–Trinajstić information content (AvgIpc) is 3.44. The number of rotatable bonds is 12. The highest BCUT2D eigenvalue weighted by atomic mass is 16.5. The molecule has 0 atom stereocenters. The van der Waals surface area contributed by atoms with Gasteiger partial charge in [-0.15, -0.1) is 0 Å². The van der Waals surface area contributed by atoms with E-state index in [9.17, 15) is 5.26 Å². The highest BCUT2D eigenvalue weighted by Crippen LogP contribution is 2.43. The van der Waals surface area contributed by atoms with Crippen molar-refractivity contribution in [3.05, 3.63) is 258 Å². The first-order valence-electron chi connectivity index (χ1n) is 23.7. The lowest BCUT2D eigenvalue weighted by atomic mass is 9.93. The van der Waals surface area contributed by atoms with Crippen molar-refractivity contribution in [1.29, 1.82) is 5.26 Å². The van der Waals surface area contributed by atoms with Crippen LogP contribution in [0.5, 0.6) is 11.5 Å². The van der Waals surface area contributed by atoms with Gasteiger partial charge in [-0.25, -0.2) is 4.85 Å². The van der Waals surface area contributed by atoms with Gasteiger partial charge in [0.1, 0.15) is 17.6 Å². The summed E-state index contributed by atoms with van der Waals surface area (Å²) in [6.07, 6.45) is 8.28.